The molecule has 0 radical (unpaired) electrons. The van der Waals surface area contributed by atoms with Crippen molar-refractivity contribution in [3.63, 3.8) is 0 Å². The summed E-state index contributed by atoms with van der Waals surface area (Å²) >= 11 is 0. The number of fused-ring (bicyclic) bond motifs is 1. The number of carbonyl (C=O) groups is 2. The third-order valence-electron chi connectivity index (χ3n) is 5.39. The molecule has 2 aromatic rings. The van der Waals surface area contributed by atoms with E-state index in [1.165, 1.54) is 36.1 Å². The van der Waals surface area contributed by atoms with E-state index in [4.69, 9.17) is 5.11 Å². The zero-order valence-corrected chi connectivity index (χ0v) is 16.5. The lowest BCUT2D eigenvalue weighted by molar-refractivity contribution is 0.0548. The molecule has 2 saturated carbocycles. The second-order valence-corrected chi connectivity index (χ2v) is 7.08. The van der Waals surface area contributed by atoms with Gasteiger partial charge in [-0.15, -0.1) is 0 Å². The molecule has 2 aliphatic rings. The molecular weight excluding hydrogens is 354 g/mol. The molecule has 0 amide bonds. The van der Waals surface area contributed by atoms with Gasteiger partial charge in [0.1, 0.15) is 5.75 Å². The first-order chi connectivity index (χ1) is 13.5. The Morgan fingerprint density at radius 2 is 1.32 bits per heavy atom. The third kappa shape index (κ3) is 5.42. The minimum absolute atomic E-state index is 0.0616. The Balaban J connectivity index is 0.000000227. The minimum atomic E-state index is -1.17. The van der Waals surface area contributed by atoms with Crippen LogP contribution in [0.5, 0.6) is 5.75 Å². The maximum absolute atomic E-state index is 12.2. The summed E-state index contributed by atoms with van der Waals surface area (Å²) in [6.45, 7) is 3.14. The molecule has 0 aliphatic heterocycles. The standard InChI is InChI=1S/C14H10O4.C6H10.C3H9N/c15-12-8-4-3-7-11(12)13(16)9-5-1-2-6-10(9)14(17)18;1-2-6-4-3-5(1)6;1-3-4-2/h1-8,15H,(H,17,18);5-6H,1-4H2;4H,3H2,1-2H3. The molecule has 0 aromatic heterocycles. The normalized spacial score (nSPS) is 18.6. The van der Waals surface area contributed by atoms with Gasteiger partial charge in [-0.3, -0.25) is 4.79 Å². The molecule has 2 aromatic carbocycles. The average Bonchev–Trinajstić information content (AvgIpc) is 2.71. The molecule has 0 unspecified atom stereocenters. The van der Waals surface area contributed by atoms with Crippen LogP contribution in [0, 0.1) is 11.8 Å². The Hall–Kier alpha value is -2.66. The largest absolute Gasteiger partial charge is 0.507 e. The van der Waals surface area contributed by atoms with E-state index in [1.54, 1.807) is 49.9 Å². The molecule has 150 valence electrons. The summed E-state index contributed by atoms with van der Waals surface area (Å²) < 4.78 is 0. The quantitative estimate of drug-likeness (QED) is 0.683. The molecule has 0 bridgehead atoms. The van der Waals surface area contributed by atoms with Crippen molar-refractivity contribution in [2.75, 3.05) is 13.6 Å². The topological polar surface area (TPSA) is 86.6 Å². The van der Waals surface area contributed by atoms with Crippen LogP contribution in [0.15, 0.2) is 48.5 Å². The number of aromatic hydroxyl groups is 1. The van der Waals surface area contributed by atoms with E-state index in [0.29, 0.717) is 0 Å². The fourth-order valence-corrected chi connectivity index (χ4v) is 3.24. The number of carbonyl (C=O) groups excluding carboxylic acids is 1. The SMILES string of the molecule is C1CC2CCC12.CCNC.O=C(O)c1ccccc1C(=O)c1ccccc1O. The first kappa shape index (κ1) is 21.6. The van der Waals surface area contributed by atoms with Gasteiger partial charge in [0.05, 0.1) is 11.1 Å². The van der Waals surface area contributed by atoms with Crippen molar-refractivity contribution >= 4 is 11.8 Å². The first-order valence-electron chi connectivity index (χ1n) is 9.79. The highest BCUT2D eigenvalue weighted by Gasteiger charge is 2.37. The predicted octanol–water partition coefficient (Wildman–Crippen LogP) is 4.35. The van der Waals surface area contributed by atoms with E-state index in [2.05, 4.69) is 12.2 Å². The highest BCUT2D eigenvalue weighted by molar-refractivity contribution is 6.15. The molecule has 3 N–H and O–H groups in total. The molecule has 0 spiro atoms. The molecule has 0 atom stereocenters. The fourth-order valence-electron chi connectivity index (χ4n) is 3.24. The number of phenolic OH excluding ortho intramolecular Hbond substituents is 1. The van der Waals surface area contributed by atoms with Crippen molar-refractivity contribution in [3.8, 4) is 5.75 Å². The van der Waals surface area contributed by atoms with Gasteiger partial charge in [-0.05, 0) is 69.3 Å². The molecule has 5 nitrogen and oxygen atoms in total. The number of ketones is 1. The first-order valence-corrected chi connectivity index (χ1v) is 9.79. The number of para-hydroxylation sites is 1. The Labute approximate surface area is 166 Å². The van der Waals surface area contributed by atoms with Gasteiger partial charge < -0.3 is 15.5 Å². The van der Waals surface area contributed by atoms with Gasteiger partial charge in [-0.2, -0.15) is 0 Å². The van der Waals surface area contributed by atoms with Gasteiger partial charge in [0.25, 0.3) is 0 Å². The summed E-state index contributed by atoms with van der Waals surface area (Å²) in [7, 11) is 1.93. The molecule has 4 rings (SSSR count). The monoisotopic (exact) mass is 383 g/mol. The Morgan fingerprint density at radius 3 is 1.68 bits per heavy atom. The van der Waals surface area contributed by atoms with Crippen molar-refractivity contribution in [1.29, 1.82) is 0 Å². The molecule has 5 heteroatoms. The van der Waals surface area contributed by atoms with Crippen LogP contribution in [0.1, 0.15) is 58.9 Å². The lowest BCUT2D eigenvalue weighted by Gasteiger charge is -2.46. The van der Waals surface area contributed by atoms with Crippen LogP contribution < -0.4 is 5.32 Å². The van der Waals surface area contributed by atoms with Gasteiger partial charge in [0.2, 0.25) is 0 Å². The number of phenols is 1. The van der Waals surface area contributed by atoms with Gasteiger partial charge in [0, 0.05) is 5.56 Å². The van der Waals surface area contributed by atoms with E-state index in [0.717, 1.165) is 6.54 Å². The molecule has 2 fully saturated rings. The molecule has 2 aliphatic carbocycles. The van der Waals surface area contributed by atoms with Gasteiger partial charge in [0.15, 0.2) is 5.78 Å². The number of hydrogen-bond acceptors (Lipinski definition) is 4. The molecular formula is C23H29NO4. The van der Waals surface area contributed by atoms with Crippen molar-refractivity contribution in [2.24, 2.45) is 11.8 Å². The van der Waals surface area contributed by atoms with Gasteiger partial charge >= 0.3 is 5.97 Å². The van der Waals surface area contributed by atoms with E-state index in [1.807, 2.05) is 7.05 Å². The van der Waals surface area contributed by atoms with Crippen molar-refractivity contribution < 1.29 is 19.8 Å². The van der Waals surface area contributed by atoms with Crippen molar-refractivity contribution in [2.45, 2.75) is 32.6 Å². The molecule has 0 saturated heterocycles. The van der Waals surface area contributed by atoms with Crippen LogP contribution in [0.25, 0.3) is 0 Å². The summed E-state index contributed by atoms with van der Waals surface area (Å²) in [4.78, 5) is 23.2. The fraction of sp³-hybridized carbons (Fsp3) is 0.391. The summed E-state index contributed by atoms with van der Waals surface area (Å²) in [6, 6.07) is 12.0. The van der Waals surface area contributed by atoms with Crippen molar-refractivity contribution in [1.82, 2.24) is 5.32 Å². The zero-order chi connectivity index (χ0) is 20.5. The summed E-state index contributed by atoms with van der Waals surface area (Å²) in [5.41, 5.74) is 0.0726. The van der Waals surface area contributed by atoms with Crippen LogP contribution >= 0.6 is 0 Å². The van der Waals surface area contributed by atoms with Crippen LogP contribution in [0.4, 0.5) is 0 Å². The smallest absolute Gasteiger partial charge is 0.336 e. The van der Waals surface area contributed by atoms with Gasteiger partial charge in [-0.25, -0.2) is 4.79 Å². The molecule has 0 heterocycles. The highest BCUT2D eigenvalue weighted by Crippen LogP contribution is 2.49. The lowest BCUT2D eigenvalue weighted by Crippen LogP contribution is -2.34. The number of hydrogen-bond donors (Lipinski definition) is 3. The maximum Gasteiger partial charge on any atom is 0.336 e. The van der Waals surface area contributed by atoms with E-state index >= 15 is 0 Å². The number of carboxylic acids is 1. The van der Waals surface area contributed by atoms with E-state index in [9.17, 15) is 14.7 Å². The van der Waals surface area contributed by atoms with Crippen LogP contribution in [-0.2, 0) is 0 Å². The Kier molecular flexibility index (Phi) is 8.20. The third-order valence-corrected chi connectivity index (χ3v) is 5.39. The van der Waals surface area contributed by atoms with E-state index in [-0.39, 0.29) is 22.4 Å². The number of aromatic carboxylic acids is 1. The summed E-state index contributed by atoms with van der Waals surface area (Å²) in [6.07, 6.45) is 6.24. The van der Waals surface area contributed by atoms with Crippen LogP contribution in [0.2, 0.25) is 0 Å². The van der Waals surface area contributed by atoms with Gasteiger partial charge in [-0.1, -0.05) is 37.3 Å². The highest BCUT2D eigenvalue weighted by atomic mass is 16.4. The predicted molar refractivity (Wildman–Crippen MR) is 110 cm³/mol. The molecule has 28 heavy (non-hydrogen) atoms. The second-order valence-electron chi connectivity index (χ2n) is 7.08. The Bertz CT molecular complexity index is 783. The number of carboxylic acid groups (broad SMARTS) is 1. The zero-order valence-electron chi connectivity index (χ0n) is 16.5. The Morgan fingerprint density at radius 1 is 0.893 bits per heavy atom. The van der Waals surface area contributed by atoms with Crippen LogP contribution in [-0.4, -0.2) is 35.6 Å². The number of rotatable bonds is 4. The van der Waals surface area contributed by atoms with Crippen molar-refractivity contribution in [3.05, 3.63) is 65.2 Å². The summed E-state index contributed by atoms with van der Waals surface area (Å²) in [5, 5.41) is 21.6. The van der Waals surface area contributed by atoms with E-state index < -0.39 is 11.8 Å². The second kappa shape index (κ2) is 10.6. The lowest BCUT2D eigenvalue weighted by atomic mass is 9.60. The average molecular weight is 383 g/mol. The number of nitrogens with one attached hydrogen (secondary N) is 1. The minimum Gasteiger partial charge on any atom is -0.507 e. The maximum atomic E-state index is 12.2. The number of benzene rings is 2. The summed E-state index contributed by atoms with van der Waals surface area (Å²) in [5.74, 6) is 0.582. The van der Waals surface area contributed by atoms with Crippen LogP contribution in [0.3, 0.4) is 0 Å².